The minimum Gasteiger partial charge on any atom is -0.496 e. The molecule has 0 aromatic heterocycles. The summed E-state index contributed by atoms with van der Waals surface area (Å²) < 4.78 is 42.3. The standard InChI is InChI=1S/C12H11F3O/c1-4-8(2)9-5-6-10(12(13,14)15)11(7-9)16-3/h1,5-8H,2-3H3. The SMILES string of the molecule is C#CC(C)c1ccc(C(F)(F)F)c(OC)c1. The molecule has 0 spiro atoms. The molecule has 0 aliphatic heterocycles. The first-order valence-corrected chi connectivity index (χ1v) is 4.61. The summed E-state index contributed by atoms with van der Waals surface area (Å²) in [5.41, 5.74) is -0.157. The van der Waals surface area contributed by atoms with E-state index in [1.807, 2.05) is 0 Å². The Bertz CT molecular complexity index is 415. The Morgan fingerprint density at radius 3 is 2.44 bits per heavy atom. The summed E-state index contributed by atoms with van der Waals surface area (Å²) in [6.45, 7) is 1.74. The van der Waals surface area contributed by atoms with Crippen LogP contribution < -0.4 is 4.74 Å². The van der Waals surface area contributed by atoms with E-state index in [0.717, 1.165) is 6.07 Å². The van der Waals surface area contributed by atoms with Crippen LogP contribution in [0.2, 0.25) is 0 Å². The van der Waals surface area contributed by atoms with Crippen LogP contribution in [-0.2, 0) is 6.18 Å². The number of alkyl halides is 3. The van der Waals surface area contributed by atoms with Gasteiger partial charge in [0.1, 0.15) is 5.75 Å². The smallest absolute Gasteiger partial charge is 0.419 e. The van der Waals surface area contributed by atoms with Crippen molar-refractivity contribution in [1.82, 2.24) is 0 Å². The monoisotopic (exact) mass is 228 g/mol. The Kier molecular flexibility index (Phi) is 3.48. The van der Waals surface area contributed by atoms with Crippen molar-refractivity contribution >= 4 is 0 Å². The summed E-state index contributed by atoms with van der Waals surface area (Å²) >= 11 is 0. The van der Waals surface area contributed by atoms with E-state index >= 15 is 0 Å². The zero-order chi connectivity index (χ0) is 12.3. The van der Waals surface area contributed by atoms with Crippen LogP contribution in [0.3, 0.4) is 0 Å². The Labute approximate surface area is 92.2 Å². The Morgan fingerprint density at radius 2 is 2.00 bits per heavy atom. The van der Waals surface area contributed by atoms with Gasteiger partial charge in [-0.15, -0.1) is 6.42 Å². The van der Waals surface area contributed by atoms with E-state index in [9.17, 15) is 13.2 Å². The molecule has 1 aromatic carbocycles. The van der Waals surface area contributed by atoms with E-state index < -0.39 is 11.7 Å². The quantitative estimate of drug-likeness (QED) is 0.704. The number of benzene rings is 1. The van der Waals surface area contributed by atoms with Crippen LogP contribution in [0.15, 0.2) is 18.2 Å². The van der Waals surface area contributed by atoms with E-state index in [4.69, 9.17) is 11.2 Å². The third-order valence-corrected chi connectivity index (χ3v) is 2.28. The number of hydrogen-bond acceptors (Lipinski definition) is 1. The lowest BCUT2D eigenvalue weighted by Crippen LogP contribution is -2.08. The van der Waals surface area contributed by atoms with Crippen molar-refractivity contribution in [3.63, 3.8) is 0 Å². The molecule has 1 aromatic rings. The van der Waals surface area contributed by atoms with Crippen molar-refractivity contribution in [2.24, 2.45) is 0 Å². The summed E-state index contributed by atoms with van der Waals surface area (Å²) in [6, 6.07) is 3.69. The highest BCUT2D eigenvalue weighted by Gasteiger charge is 2.34. The molecular formula is C12H11F3O. The van der Waals surface area contributed by atoms with Gasteiger partial charge in [-0.25, -0.2) is 0 Å². The zero-order valence-corrected chi connectivity index (χ0v) is 8.93. The van der Waals surface area contributed by atoms with Gasteiger partial charge in [0.05, 0.1) is 12.7 Å². The van der Waals surface area contributed by atoms with Gasteiger partial charge in [0, 0.05) is 5.92 Å². The predicted octanol–water partition coefficient (Wildman–Crippen LogP) is 3.45. The number of halogens is 3. The molecule has 0 fully saturated rings. The normalized spacial score (nSPS) is 13.0. The van der Waals surface area contributed by atoms with Crippen LogP contribution in [0, 0.1) is 12.3 Å². The maximum absolute atomic E-state index is 12.5. The molecule has 0 aliphatic rings. The van der Waals surface area contributed by atoms with Gasteiger partial charge in [-0.3, -0.25) is 0 Å². The third-order valence-electron chi connectivity index (χ3n) is 2.28. The first-order chi connectivity index (χ1) is 7.40. The fourth-order valence-corrected chi connectivity index (χ4v) is 1.31. The molecule has 0 N–H and O–H groups in total. The molecule has 0 bridgehead atoms. The predicted molar refractivity (Wildman–Crippen MR) is 55.2 cm³/mol. The minimum absolute atomic E-state index is 0.202. The highest BCUT2D eigenvalue weighted by Crippen LogP contribution is 2.37. The van der Waals surface area contributed by atoms with Gasteiger partial charge in [0.15, 0.2) is 0 Å². The molecule has 1 unspecified atom stereocenters. The highest BCUT2D eigenvalue weighted by atomic mass is 19.4. The van der Waals surface area contributed by atoms with Crippen LogP contribution in [-0.4, -0.2) is 7.11 Å². The maximum atomic E-state index is 12.5. The molecule has 0 amide bonds. The van der Waals surface area contributed by atoms with Gasteiger partial charge in [0.2, 0.25) is 0 Å². The van der Waals surface area contributed by atoms with Gasteiger partial charge < -0.3 is 4.74 Å². The summed E-state index contributed by atoms with van der Waals surface area (Å²) in [7, 11) is 1.20. The number of ether oxygens (including phenoxy) is 1. The number of rotatable bonds is 2. The summed E-state index contributed by atoms with van der Waals surface area (Å²) in [6.07, 6.45) is 0.793. The average molecular weight is 228 g/mol. The van der Waals surface area contributed by atoms with Crippen molar-refractivity contribution < 1.29 is 17.9 Å². The molecule has 16 heavy (non-hydrogen) atoms. The Balaban J connectivity index is 3.23. The third kappa shape index (κ3) is 2.48. The molecule has 86 valence electrons. The Morgan fingerprint density at radius 1 is 1.38 bits per heavy atom. The lowest BCUT2D eigenvalue weighted by atomic mass is 10.00. The van der Waals surface area contributed by atoms with E-state index in [2.05, 4.69) is 5.92 Å². The van der Waals surface area contributed by atoms with Crippen LogP contribution >= 0.6 is 0 Å². The van der Waals surface area contributed by atoms with Gasteiger partial charge in [-0.1, -0.05) is 12.0 Å². The average Bonchev–Trinajstić information content (AvgIpc) is 2.25. The van der Waals surface area contributed by atoms with Crippen LogP contribution in [0.25, 0.3) is 0 Å². The molecular weight excluding hydrogens is 217 g/mol. The lowest BCUT2D eigenvalue weighted by Gasteiger charge is -2.14. The molecule has 1 atom stereocenters. The molecule has 1 nitrogen and oxygen atoms in total. The second kappa shape index (κ2) is 4.48. The van der Waals surface area contributed by atoms with Gasteiger partial charge in [0.25, 0.3) is 0 Å². The number of methoxy groups -OCH3 is 1. The van der Waals surface area contributed by atoms with Crippen molar-refractivity contribution in [2.75, 3.05) is 7.11 Å². The molecule has 4 heteroatoms. The van der Waals surface area contributed by atoms with Gasteiger partial charge in [-0.2, -0.15) is 13.2 Å². The van der Waals surface area contributed by atoms with Crippen molar-refractivity contribution in [2.45, 2.75) is 19.0 Å². The summed E-state index contributed by atoms with van der Waals surface area (Å²) in [5.74, 6) is 2.01. The molecule has 0 heterocycles. The van der Waals surface area contributed by atoms with E-state index in [1.165, 1.54) is 19.2 Å². The van der Waals surface area contributed by atoms with E-state index in [1.54, 1.807) is 6.92 Å². The van der Waals surface area contributed by atoms with Gasteiger partial charge >= 0.3 is 6.18 Å². The fraction of sp³-hybridized carbons (Fsp3) is 0.333. The van der Waals surface area contributed by atoms with E-state index in [-0.39, 0.29) is 11.7 Å². The summed E-state index contributed by atoms with van der Waals surface area (Å²) in [4.78, 5) is 0. The zero-order valence-electron chi connectivity index (χ0n) is 8.93. The van der Waals surface area contributed by atoms with Crippen molar-refractivity contribution in [1.29, 1.82) is 0 Å². The molecule has 0 aliphatic carbocycles. The number of hydrogen-bond donors (Lipinski definition) is 0. The molecule has 0 saturated carbocycles. The second-order valence-electron chi connectivity index (χ2n) is 3.35. The summed E-state index contributed by atoms with van der Waals surface area (Å²) in [5, 5.41) is 0. The van der Waals surface area contributed by atoms with E-state index in [0.29, 0.717) is 5.56 Å². The minimum atomic E-state index is -4.41. The largest absolute Gasteiger partial charge is 0.496 e. The highest BCUT2D eigenvalue weighted by molar-refractivity contribution is 5.42. The first kappa shape index (κ1) is 12.4. The molecule has 0 saturated heterocycles. The molecule has 0 radical (unpaired) electrons. The number of terminal acetylenes is 1. The van der Waals surface area contributed by atoms with Crippen LogP contribution in [0.5, 0.6) is 5.75 Å². The molecule has 1 rings (SSSR count). The Hall–Kier alpha value is -1.63. The topological polar surface area (TPSA) is 9.23 Å². The fourth-order valence-electron chi connectivity index (χ4n) is 1.31. The van der Waals surface area contributed by atoms with Crippen molar-refractivity contribution in [3.8, 4) is 18.1 Å². The first-order valence-electron chi connectivity index (χ1n) is 4.61. The van der Waals surface area contributed by atoms with Gasteiger partial charge in [-0.05, 0) is 24.6 Å². The lowest BCUT2D eigenvalue weighted by molar-refractivity contribution is -0.138. The maximum Gasteiger partial charge on any atom is 0.419 e. The van der Waals surface area contributed by atoms with Crippen LogP contribution in [0.1, 0.15) is 24.0 Å². The van der Waals surface area contributed by atoms with Crippen molar-refractivity contribution in [3.05, 3.63) is 29.3 Å². The second-order valence-corrected chi connectivity index (χ2v) is 3.35. The van der Waals surface area contributed by atoms with Crippen LogP contribution in [0.4, 0.5) is 13.2 Å².